The second kappa shape index (κ2) is 5.03. The summed E-state index contributed by atoms with van der Waals surface area (Å²) in [5.41, 5.74) is 7.06. The summed E-state index contributed by atoms with van der Waals surface area (Å²) in [6.07, 6.45) is 0.736. The van der Waals surface area contributed by atoms with Crippen molar-refractivity contribution in [2.24, 2.45) is 5.73 Å². The van der Waals surface area contributed by atoms with Crippen molar-refractivity contribution in [3.05, 3.63) is 44.8 Å². The Bertz CT molecular complexity index is 539. The standard InChI is InChI=1S/C11H11N3O2S/c12-5-4-11-13-10(7-17-11)8-2-1-3-9(6-8)14(15)16/h1-3,6-7H,4-5,12H2. The van der Waals surface area contributed by atoms with E-state index in [0.717, 1.165) is 22.7 Å². The molecule has 0 amide bonds. The largest absolute Gasteiger partial charge is 0.330 e. The van der Waals surface area contributed by atoms with Crippen molar-refractivity contribution in [2.75, 3.05) is 6.54 Å². The van der Waals surface area contributed by atoms with E-state index in [1.54, 1.807) is 6.07 Å². The fraction of sp³-hybridized carbons (Fsp3) is 0.182. The Balaban J connectivity index is 2.32. The van der Waals surface area contributed by atoms with Crippen LogP contribution in [0.5, 0.6) is 0 Å². The number of nitro benzene ring substituents is 1. The molecule has 0 aliphatic rings. The second-order valence-electron chi connectivity index (χ2n) is 3.47. The van der Waals surface area contributed by atoms with Crippen molar-refractivity contribution in [3.63, 3.8) is 0 Å². The highest BCUT2D eigenvalue weighted by molar-refractivity contribution is 7.09. The molecule has 2 aromatic rings. The first kappa shape index (κ1) is 11.7. The summed E-state index contributed by atoms with van der Waals surface area (Å²) in [6, 6.07) is 6.47. The van der Waals surface area contributed by atoms with Crippen LogP contribution in [-0.4, -0.2) is 16.5 Å². The van der Waals surface area contributed by atoms with E-state index in [-0.39, 0.29) is 5.69 Å². The van der Waals surface area contributed by atoms with Crippen molar-refractivity contribution in [3.8, 4) is 11.3 Å². The van der Waals surface area contributed by atoms with Crippen molar-refractivity contribution in [2.45, 2.75) is 6.42 Å². The van der Waals surface area contributed by atoms with Crippen LogP contribution in [0.4, 0.5) is 5.69 Å². The van der Waals surface area contributed by atoms with E-state index in [1.165, 1.54) is 23.5 Å². The molecule has 0 unspecified atom stereocenters. The van der Waals surface area contributed by atoms with Crippen molar-refractivity contribution in [1.82, 2.24) is 4.98 Å². The SMILES string of the molecule is NCCc1nc(-c2cccc([N+](=O)[O-])c2)cs1. The van der Waals surface area contributed by atoms with Gasteiger partial charge in [-0.05, 0) is 6.54 Å². The molecule has 0 radical (unpaired) electrons. The van der Waals surface area contributed by atoms with Crippen LogP contribution in [0.2, 0.25) is 0 Å². The molecule has 1 aromatic carbocycles. The topological polar surface area (TPSA) is 82.0 Å². The molecule has 17 heavy (non-hydrogen) atoms. The van der Waals surface area contributed by atoms with E-state index in [9.17, 15) is 10.1 Å². The summed E-state index contributed by atoms with van der Waals surface area (Å²) < 4.78 is 0. The number of aromatic nitrogens is 1. The highest BCUT2D eigenvalue weighted by atomic mass is 32.1. The maximum atomic E-state index is 10.7. The van der Waals surface area contributed by atoms with E-state index in [1.807, 2.05) is 11.4 Å². The monoisotopic (exact) mass is 249 g/mol. The predicted molar refractivity (Wildman–Crippen MR) is 67.0 cm³/mol. The minimum Gasteiger partial charge on any atom is -0.330 e. The second-order valence-corrected chi connectivity index (χ2v) is 4.42. The number of nitrogens with two attached hydrogens (primary N) is 1. The lowest BCUT2D eigenvalue weighted by molar-refractivity contribution is -0.384. The molecule has 0 aliphatic carbocycles. The van der Waals surface area contributed by atoms with Crippen LogP contribution in [0.1, 0.15) is 5.01 Å². The Hall–Kier alpha value is -1.79. The minimum atomic E-state index is -0.406. The van der Waals surface area contributed by atoms with Gasteiger partial charge in [0, 0.05) is 29.5 Å². The Morgan fingerprint density at radius 1 is 1.47 bits per heavy atom. The maximum absolute atomic E-state index is 10.7. The number of nitrogens with zero attached hydrogens (tertiary/aromatic N) is 2. The van der Waals surface area contributed by atoms with Gasteiger partial charge in [0.25, 0.3) is 5.69 Å². The zero-order valence-electron chi connectivity index (χ0n) is 9.00. The normalized spacial score (nSPS) is 10.4. The molecule has 2 N–H and O–H groups in total. The van der Waals surface area contributed by atoms with Crippen molar-refractivity contribution < 1.29 is 4.92 Å². The summed E-state index contributed by atoms with van der Waals surface area (Å²) in [7, 11) is 0. The number of hydrogen-bond donors (Lipinski definition) is 1. The molecule has 2 rings (SSSR count). The van der Waals surface area contributed by atoms with Crippen LogP contribution in [0.15, 0.2) is 29.6 Å². The van der Waals surface area contributed by atoms with Crippen LogP contribution >= 0.6 is 11.3 Å². The van der Waals surface area contributed by atoms with Gasteiger partial charge in [-0.3, -0.25) is 10.1 Å². The van der Waals surface area contributed by atoms with Gasteiger partial charge in [0.1, 0.15) is 0 Å². The third kappa shape index (κ3) is 2.66. The smallest absolute Gasteiger partial charge is 0.270 e. The third-order valence-electron chi connectivity index (χ3n) is 2.26. The summed E-state index contributed by atoms with van der Waals surface area (Å²) >= 11 is 1.52. The highest BCUT2D eigenvalue weighted by Crippen LogP contribution is 2.25. The lowest BCUT2D eigenvalue weighted by Gasteiger charge is -1.96. The molecule has 0 fully saturated rings. The van der Waals surface area contributed by atoms with Gasteiger partial charge in [-0.15, -0.1) is 11.3 Å². The molecule has 0 spiro atoms. The van der Waals surface area contributed by atoms with Gasteiger partial charge >= 0.3 is 0 Å². The van der Waals surface area contributed by atoms with Gasteiger partial charge in [0.2, 0.25) is 0 Å². The third-order valence-corrected chi connectivity index (χ3v) is 3.17. The molecule has 0 atom stereocenters. The Labute approximate surface area is 102 Å². The number of hydrogen-bond acceptors (Lipinski definition) is 5. The zero-order valence-corrected chi connectivity index (χ0v) is 9.81. The van der Waals surface area contributed by atoms with E-state index >= 15 is 0 Å². The number of thiazole rings is 1. The average molecular weight is 249 g/mol. The maximum Gasteiger partial charge on any atom is 0.270 e. The Morgan fingerprint density at radius 3 is 3.00 bits per heavy atom. The highest BCUT2D eigenvalue weighted by Gasteiger charge is 2.09. The van der Waals surface area contributed by atoms with Crippen LogP contribution < -0.4 is 5.73 Å². The quantitative estimate of drug-likeness (QED) is 0.665. The number of benzene rings is 1. The molecule has 1 aromatic heterocycles. The van der Waals surface area contributed by atoms with Crippen LogP contribution in [0, 0.1) is 10.1 Å². The van der Waals surface area contributed by atoms with Crippen LogP contribution in [0.3, 0.4) is 0 Å². The lowest BCUT2D eigenvalue weighted by Crippen LogP contribution is -2.01. The van der Waals surface area contributed by atoms with Crippen molar-refractivity contribution >= 4 is 17.0 Å². The fourth-order valence-corrected chi connectivity index (χ4v) is 2.28. The first-order chi connectivity index (χ1) is 8.20. The predicted octanol–water partition coefficient (Wildman–Crippen LogP) is 2.22. The zero-order chi connectivity index (χ0) is 12.3. The molecule has 6 heteroatoms. The molecular weight excluding hydrogens is 238 g/mol. The molecule has 0 saturated carbocycles. The van der Waals surface area contributed by atoms with Crippen LogP contribution in [-0.2, 0) is 6.42 Å². The first-order valence-electron chi connectivity index (χ1n) is 5.10. The molecule has 0 bridgehead atoms. The summed E-state index contributed by atoms with van der Waals surface area (Å²) in [6.45, 7) is 0.557. The van der Waals surface area contributed by atoms with Gasteiger partial charge < -0.3 is 5.73 Å². The molecule has 88 valence electrons. The summed E-state index contributed by atoms with van der Waals surface area (Å²) in [5.74, 6) is 0. The van der Waals surface area contributed by atoms with Crippen molar-refractivity contribution in [1.29, 1.82) is 0 Å². The average Bonchev–Trinajstić information content (AvgIpc) is 2.78. The molecular formula is C11H11N3O2S. The van der Waals surface area contributed by atoms with Gasteiger partial charge in [-0.25, -0.2) is 4.98 Å². The van der Waals surface area contributed by atoms with E-state index < -0.39 is 4.92 Å². The van der Waals surface area contributed by atoms with Gasteiger partial charge in [-0.2, -0.15) is 0 Å². The minimum absolute atomic E-state index is 0.0795. The summed E-state index contributed by atoms with van der Waals surface area (Å²) in [4.78, 5) is 14.6. The molecule has 0 aliphatic heterocycles. The molecule has 0 saturated heterocycles. The van der Waals surface area contributed by atoms with E-state index in [0.29, 0.717) is 6.54 Å². The van der Waals surface area contributed by atoms with E-state index in [2.05, 4.69) is 4.98 Å². The summed E-state index contributed by atoms with van der Waals surface area (Å²) in [5, 5.41) is 13.5. The van der Waals surface area contributed by atoms with Gasteiger partial charge in [0.15, 0.2) is 0 Å². The van der Waals surface area contributed by atoms with Gasteiger partial charge in [0.05, 0.1) is 15.6 Å². The number of nitro groups is 1. The molecule has 1 heterocycles. The lowest BCUT2D eigenvalue weighted by atomic mass is 10.1. The molecule has 5 nitrogen and oxygen atoms in total. The Kier molecular flexibility index (Phi) is 3.46. The van der Waals surface area contributed by atoms with Gasteiger partial charge in [-0.1, -0.05) is 12.1 Å². The fourth-order valence-electron chi connectivity index (χ4n) is 1.46. The van der Waals surface area contributed by atoms with Crippen LogP contribution in [0.25, 0.3) is 11.3 Å². The number of rotatable bonds is 4. The number of non-ortho nitro benzene ring substituents is 1. The first-order valence-corrected chi connectivity index (χ1v) is 5.98. The Morgan fingerprint density at radius 2 is 2.29 bits per heavy atom. The van der Waals surface area contributed by atoms with E-state index in [4.69, 9.17) is 5.73 Å².